The summed E-state index contributed by atoms with van der Waals surface area (Å²) in [5, 5.41) is 1.24. The molecular weight excluding hydrogens is 314 g/mol. The van der Waals surface area contributed by atoms with E-state index >= 15 is 0 Å². The van der Waals surface area contributed by atoms with Crippen LogP contribution in [0.15, 0.2) is 91.5 Å². The Kier molecular flexibility index (Phi) is 4.28. The Bertz CT molecular complexity index is 1100. The smallest absolute Gasteiger partial charge is 0.0541 e. The van der Waals surface area contributed by atoms with Gasteiger partial charge in [-0.25, -0.2) is 0 Å². The number of hydrogen-bond acceptors (Lipinski definition) is 0. The van der Waals surface area contributed by atoms with E-state index in [0.29, 0.717) is 0 Å². The summed E-state index contributed by atoms with van der Waals surface area (Å²) >= 11 is 0. The maximum atomic E-state index is 4.10. The number of nitrogens with zero attached hydrogens (tertiary/aromatic N) is 1. The number of allylic oxidation sites excluding steroid dienone is 1. The fraction of sp³-hybridized carbons (Fsp3) is 0.0400. The van der Waals surface area contributed by atoms with E-state index in [1.54, 1.807) is 0 Å². The maximum absolute atomic E-state index is 4.10. The lowest BCUT2D eigenvalue weighted by Gasteiger charge is -2.14. The number of fused-ring (bicyclic) bond motifs is 1. The molecule has 1 heterocycles. The molecule has 4 aromatic rings. The number of hydrogen-bond donors (Lipinski definition) is 0. The molecule has 0 N–H and O–H groups in total. The van der Waals surface area contributed by atoms with Crippen LogP contribution in [-0.2, 0) is 0 Å². The minimum atomic E-state index is 1.12. The molecule has 0 fully saturated rings. The Morgan fingerprint density at radius 3 is 2.27 bits per heavy atom. The van der Waals surface area contributed by atoms with Crippen LogP contribution in [0.25, 0.3) is 39.9 Å². The highest BCUT2D eigenvalue weighted by Gasteiger charge is 2.16. The average molecular weight is 335 g/mol. The zero-order valence-electron chi connectivity index (χ0n) is 14.9. The second-order valence-electron chi connectivity index (χ2n) is 6.24. The van der Waals surface area contributed by atoms with Crippen molar-refractivity contribution >= 4 is 23.1 Å². The fourth-order valence-electron chi connectivity index (χ4n) is 3.62. The van der Waals surface area contributed by atoms with Gasteiger partial charge in [0.2, 0.25) is 0 Å². The lowest BCUT2D eigenvalue weighted by Crippen LogP contribution is -1.99. The summed E-state index contributed by atoms with van der Waals surface area (Å²) in [5.41, 5.74) is 7.11. The van der Waals surface area contributed by atoms with E-state index in [1.807, 2.05) is 6.08 Å². The van der Waals surface area contributed by atoms with Gasteiger partial charge in [-0.15, -0.1) is 0 Å². The van der Waals surface area contributed by atoms with Gasteiger partial charge in [0, 0.05) is 16.5 Å². The van der Waals surface area contributed by atoms with Crippen molar-refractivity contribution in [2.45, 2.75) is 6.92 Å². The molecule has 126 valence electrons. The van der Waals surface area contributed by atoms with Gasteiger partial charge in [0.15, 0.2) is 0 Å². The van der Waals surface area contributed by atoms with Gasteiger partial charge in [0.25, 0.3) is 0 Å². The van der Waals surface area contributed by atoms with Crippen molar-refractivity contribution in [3.8, 4) is 16.8 Å². The molecule has 26 heavy (non-hydrogen) atoms. The predicted octanol–water partition coefficient (Wildman–Crippen LogP) is 6.97. The lowest BCUT2D eigenvalue weighted by molar-refractivity contribution is 1.11. The van der Waals surface area contributed by atoms with Crippen molar-refractivity contribution < 1.29 is 0 Å². The Balaban J connectivity index is 2.10. The molecule has 0 saturated carbocycles. The molecule has 1 aromatic heterocycles. The summed E-state index contributed by atoms with van der Waals surface area (Å²) in [4.78, 5) is 0. The molecule has 0 aliphatic rings. The van der Waals surface area contributed by atoms with E-state index in [1.165, 1.54) is 33.3 Å². The van der Waals surface area contributed by atoms with Crippen LogP contribution >= 0.6 is 0 Å². The van der Waals surface area contributed by atoms with Crippen LogP contribution in [-0.4, -0.2) is 4.57 Å². The monoisotopic (exact) mass is 335 g/mol. The third kappa shape index (κ3) is 2.58. The summed E-state index contributed by atoms with van der Waals surface area (Å²) in [6.45, 7) is 6.16. The van der Waals surface area contributed by atoms with Gasteiger partial charge in [-0.3, -0.25) is 0 Å². The average Bonchev–Trinajstić information content (AvgIpc) is 3.02. The highest BCUT2D eigenvalue weighted by atomic mass is 15.0. The highest BCUT2D eigenvalue weighted by Crippen LogP contribution is 2.35. The Hall–Kier alpha value is -3.32. The van der Waals surface area contributed by atoms with Crippen molar-refractivity contribution in [2.24, 2.45) is 0 Å². The lowest BCUT2D eigenvalue weighted by atomic mass is 10.0. The molecule has 0 bridgehead atoms. The molecule has 0 spiro atoms. The molecule has 0 aliphatic heterocycles. The summed E-state index contributed by atoms with van der Waals surface area (Å²) in [6.07, 6.45) is 6.21. The third-order valence-corrected chi connectivity index (χ3v) is 4.71. The van der Waals surface area contributed by atoms with E-state index in [-0.39, 0.29) is 0 Å². The first-order valence-electron chi connectivity index (χ1n) is 8.88. The molecule has 0 saturated heterocycles. The molecule has 4 rings (SSSR count). The minimum Gasteiger partial charge on any atom is -0.309 e. The maximum Gasteiger partial charge on any atom is 0.0541 e. The zero-order valence-corrected chi connectivity index (χ0v) is 14.9. The molecule has 0 aliphatic carbocycles. The van der Waals surface area contributed by atoms with E-state index in [9.17, 15) is 0 Å². The van der Waals surface area contributed by atoms with Gasteiger partial charge in [-0.1, -0.05) is 85.5 Å². The molecule has 0 amide bonds. The van der Waals surface area contributed by atoms with Gasteiger partial charge in [-0.2, -0.15) is 0 Å². The fourth-order valence-corrected chi connectivity index (χ4v) is 3.62. The predicted molar refractivity (Wildman–Crippen MR) is 114 cm³/mol. The molecule has 0 unspecified atom stereocenters. The summed E-state index contributed by atoms with van der Waals surface area (Å²) in [7, 11) is 0. The second kappa shape index (κ2) is 6.89. The van der Waals surface area contributed by atoms with Gasteiger partial charge in [0.05, 0.1) is 16.9 Å². The molecular formula is C25H21N. The van der Waals surface area contributed by atoms with Crippen molar-refractivity contribution in [1.29, 1.82) is 0 Å². The van der Waals surface area contributed by atoms with Crippen LogP contribution in [0, 0.1) is 0 Å². The van der Waals surface area contributed by atoms with Gasteiger partial charge >= 0.3 is 0 Å². The van der Waals surface area contributed by atoms with Crippen LogP contribution < -0.4 is 0 Å². The van der Waals surface area contributed by atoms with Crippen molar-refractivity contribution in [2.75, 3.05) is 0 Å². The molecule has 1 heteroatoms. The quantitative estimate of drug-likeness (QED) is 0.379. The normalized spacial score (nSPS) is 11.3. The van der Waals surface area contributed by atoms with Crippen LogP contribution in [0.1, 0.15) is 18.2 Å². The number of benzene rings is 3. The first-order valence-corrected chi connectivity index (χ1v) is 8.88. The molecule has 0 radical (unpaired) electrons. The van der Waals surface area contributed by atoms with E-state index < -0.39 is 0 Å². The highest BCUT2D eigenvalue weighted by molar-refractivity contribution is 5.96. The van der Waals surface area contributed by atoms with Crippen LogP contribution in [0.4, 0.5) is 0 Å². The summed E-state index contributed by atoms with van der Waals surface area (Å²) < 4.78 is 2.32. The van der Waals surface area contributed by atoms with Gasteiger partial charge in [0.1, 0.15) is 0 Å². The second-order valence-corrected chi connectivity index (χ2v) is 6.24. The van der Waals surface area contributed by atoms with Crippen molar-refractivity contribution in [3.05, 3.63) is 103 Å². The Labute approximate surface area is 154 Å². The first-order chi connectivity index (χ1) is 12.8. The van der Waals surface area contributed by atoms with Crippen molar-refractivity contribution in [3.63, 3.8) is 0 Å². The van der Waals surface area contributed by atoms with Gasteiger partial charge < -0.3 is 4.57 Å². The largest absolute Gasteiger partial charge is 0.309 e. The Morgan fingerprint density at radius 2 is 1.50 bits per heavy atom. The number of para-hydroxylation sites is 2. The number of aromatic nitrogens is 1. The van der Waals surface area contributed by atoms with E-state index in [4.69, 9.17) is 0 Å². The summed E-state index contributed by atoms with van der Waals surface area (Å²) in [6, 6.07) is 27.6. The van der Waals surface area contributed by atoms with Crippen molar-refractivity contribution in [1.82, 2.24) is 4.57 Å². The Morgan fingerprint density at radius 1 is 0.808 bits per heavy atom. The van der Waals surface area contributed by atoms with E-state index in [2.05, 4.69) is 109 Å². The van der Waals surface area contributed by atoms with Crippen LogP contribution in [0.5, 0.6) is 0 Å². The number of rotatable bonds is 4. The SMILES string of the molecule is C=Cc1c(/C=C\C)c2ccccc2n1-c1ccccc1-c1ccccc1. The van der Waals surface area contributed by atoms with Crippen LogP contribution in [0.2, 0.25) is 0 Å². The zero-order chi connectivity index (χ0) is 17.9. The standard InChI is InChI=1S/C25H21N/c1-3-12-21-22-16-9-11-18-25(22)26(23(21)4-2)24-17-10-8-15-20(24)19-13-6-5-7-14-19/h3-18H,2H2,1H3/b12-3-. The summed E-state index contributed by atoms with van der Waals surface area (Å²) in [5.74, 6) is 0. The topological polar surface area (TPSA) is 4.93 Å². The molecule has 1 nitrogen and oxygen atoms in total. The molecule has 0 atom stereocenters. The van der Waals surface area contributed by atoms with E-state index in [0.717, 1.165) is 5.69 Å². The minimum absolute atomic E-state index is 1.12. The first kappa shape index (κ1) is 16.2. The third-order valence-electron chi connectivity index (χ3n) is 4.71. The molecule has 3 aromatic carbocycles. The van der Waals surface area contributed by atoms with Gasteiger partial charge in [-0.05, 0) is 30.7 Å². The van der Waals surface area contributed by atoms with Crippen LogP contribution in [0.3, 0.4) is 0 Å².